The molecule has 0 radical (unpaired) electrons. The van der Waals surface area contributed by atoms with E-state index >= 15 is 0 Å². The molecule has 1 aromatic rings. The molecule has 0 fully saturated rings. The molecule has 84 valence electrons. The smallest absolute Gasteiger partial charge is 0.282 e. The first-order valence-corrected chi connectivity index (χ1v) is 3.84. The number of hydrogen-bond acceptors (Lipinski definition) is 2. The van der Waals surface area contributed by atoms with Crippen molar-refractivity contribution in [3.8, 4) is 0 Å². The molecule has 2 N–H and O–H groups in total. The lowest BCUT2D eigenvalue weighted by Crippen LogP contribution is -2.21. The zero-order chi connectivity index (χ0) is 11.6. The summed E-state index contributed by atoms with van der Waals surface area (Å²) in [6, 6.07) is 0.554. The summed E-state index contributed by atoms with van der Waals surface area (Å²) in [4.78, 5) is 10.5. The van der Waals surface area contributed by atoms with Gasteiger partial charge in [-0.2, -0.15) is 5.10 Å². The second-order valence-corrected chi connectivity index (χ2v) is 2.72. The van der Waals surface area contributed by atoms with Crippen LogP contribution in [0.4, 0.5) is 17.6 Å². The van der Waals surface area contributed by atoms with E-state index in [1.165, 1.54) is 0 Å². The number of nitrogens with zero attached hydrogens (tertiary/aromatic N) is 2. The van der Waals surface area contributed by atoms with Crippen molar-refractivity contribution >= 4 is 5.91 Å². The zero-order valence-corrected chi connectivity index (χ0v) is 7.33. The van der Waals surface area contributed by atoms with E-state index in [9.17, 15) is 22.4 Å². The monoisotopic (exact) mass is 225 g/mol. The van der Waals surface area contributed by atoms with Gasteiger partial charge >= 0.3 is 0 Å². The molecule has 8 heteroatoms. The second kappa shape index (κ2) is 4.28. The molecule has 0 aliphatic heterocycles. The van der Waals surface area contributed by atoms with Crippen LogP contribution in [0, 0.1) is 0 Å². The maximum atomic E-state index is 12.3. The molecule has 0 spiro atoms. The molecule has 0 atom stereocenters. The predicted molar refractivity (Wildman–Crippen MR) is 41.3 cm³/mol. The van der Waals surface area contributed by atoms with Gasteiger partial charge < -0.3 is 5.73 Å². The summed E-state index contributed by atoms with van der Waals surface area (Å²) in [5.74, 6) is -0.930. The number of halogens is 4. The lowest BCUT2D eigenvalue weighted by molar-refractivity contribution is -0.118. The number of nitrogens with two attached hydrogens (primary N) is 1. The Morgan fingerprint density at radius 2 is 2.00 bits per heavy atom. The molecule has 15 heavy (non-hydrogen) atoms. The summed E-state index contributed by atoms with van der Waals surface area (Å²) < 4.78 is 49.3. The Bertz CT molecular complexity index is 363. The number of carbonyl (C=O) groups is 1. The Hall–Kier alpha value is -1.60. The van der Waals surface area contributed by atoms with Gasteiger partial charge in [-0.1, -0.05) is 0 Å². The minimum Gasteiger partial charge on any atom is -0.368 e. The van der Waals surface area contributed by atoms with E-state index in [1.807, 2.05) is 0 Å². The highest BCUT2D eigenvalue weighted by Gasteiger charge is 2.21. The van der Waals surface area contributed by atoms with Crippen molar-refractivity contribution < 1.29 is 22.4 Å². The van der Waals surface area contributed by atoms with Crippen molar-refractivity contribution in [3.63, 3.8) is 0 Å². The van der Waals surface area contributed by atoms with Crippen LogP contribution in [0.25, 0.3) is 0 Å². The topological polar surface area (TPSA) is 60.9 Å². The third-order valence-electron chi connectivity index (χ3n) is 1.58. The number of rotatable bonds is 4. The van der Waals surface area contributed by atoms with Crippen LogP contribution in [0.3, 0.4) is 0 Å². The van der Waals surface area contributed by atoms with Crippen LogP contribution in [-0.4, -0.2) is 15.7 Å². The van der Waals surface area contributed by atoms with E-state index in [0.29, 0.717) is 10.7 Å². The number of alkyl halides is 4. The van der Waals surface area contributed by atoms with E-state index in [-0.39, 0.29) is 0 Å². The van der Waals surface area contributed by atoms with Crippen LogP contribution >= 0.6 is 0 Å². The molecular formula is C7H7F4N3O. The highest BCUT2D eigenvalue weighted by molar-refractivity contribution is 5.73. The largest absolute Gasteiger partial charge is 0.368 e. The van der Waals surface area contributed by atoms with Gasteiger partial charge in [-0.05, 0) is 6.07 Å². The number of hydrogen-bond donors (Lipinski definition) is 1. The molecule has 0 aliphatic rings. The molecule has 1 rings (SSSR count). The summed E-state index contributed by atoms with van der Waals surface area (Å²) >= 11 is 0. The molecule has 1 aromatic heterocycles. The first kappa shape index (κ1) is 11.5. The van der Waals surface area contributed by atoms with Crippen LogP contribution in [0.2, 0.25) is 0 Å². The quantitative estimate of drug-likeness (QED) is 0.783. The molecule has 1 heterocycles. The molecule has 0 aromatic carbocycles. The van der Waals surface area contributed by atoms with Gasteiger partial charge in [0, 0.05) is 0 Å². The van der Waals surface area contributed by atoms with E-state index in [0.717, 1.165) is 0 Å². The van der Waals surface area contributed by atoms with E-state index in [2.05, 4.69) is 5.10 Å². The lowest BCUT2D eigenvalue weighted by Gasteiger charge is -2.02. The average Bonchev–Trinajstić information content (AvgIpc) is 2.46. The third-order valence-corrected chi connectivity index (χ3v) is 1.58. The average molecular weight is 225 g/mol. The van der Waals surface area contributed by atoms with Gasteiger partial charge in [-0.15, -0.1) is 0 Å². The fourth-order valence-corrected chi connectivity index (χ4v) is 1.01. The number of aromatic nitrogens is 2. The standard InChI is InChI=1S/C7H7F4N3O/c8-6(9)3-1-4(7(10)11)14(13-3)2-5(12)15/h1,6-7H,2H2,(H2,12,15). The minimum atomic E-state index is -2.98. The van der Waals surface area contributed by atoms with Crippen molar-refractivity contribution in [2.75, 3.05) is 0 Å². The molecule has 0 unspecified atom stereocenters. The Morgan fingerprint density at radius 1 is 1.40 bits per heavy atom. The first-order valence-electron chi connectivity index (χ1n) is 3.84. The summed E-state index contributed by atoms with van der Waals surface area (Å²) in [5.41, 5.74) is 3.20. The van der Waals surface area contributed by atoms with Crippen molar-refractivity contribution in [3.05, 3.63) is 17.5 Å². The Morgan fingerprint density at radius 3 is 2.40 bits per heavy atom. The van der Waals surface area contributed by atoms with Gasteiger partial charge in [0.05, 0.1) is 0 Å². The maximum Gasteiger partial charge on any atom is 0.282 e. The number of amides is 1. The molecule has 0 saturated heterocycles. The maximum absolute atomic E-state index is 12.3. The summed E-state index contributed by atoms with van der Waals surface area (Å²) in [5, 5.41) is 3.16. The van der Waals surface area contributed by atoms with E-state index in [4.69, 9.17) is 5.73 Å². The van der Waals surface area contributed by atoms with Crippen LogP contribution in [0.15, 0.2) is 6.07 Å². The van der Waals surface area contributed by atoms with Gasteiger partial charge in [0.15, 0.2) is 0 Å². The van der Waals surface area contributed by atoms with Gasteiger partial charge in [0.1, 0.15) is 17.9 Å². The third kappa shape index (κ3) is 2.67. The molecule has 1 amide bonds. The molecule has 4 nitrogen and oxygen atoms in total. The lowest BCUT2D eigenvalue weighted by atomic mass is 10.3. The fraction of sp³-hybridized carbons (Fsp3) is 0.429. The molecular weight excluding hydrogens is 218 g/mol. The van der Waals surface area contributed by atoms with Crippen molar-refractivity contribution in [1.29, 1.82) is 0 Å². The minimum absolute atomic E-state index is 0.481. The number of carbonyl (C=O) groups excluding carboxylic acids is 1. The van der Waals surface area contributed by atoms with Crippen LogP contribution < -0.4 is 5.73 Å². The van der Waals surface area contributed by atoms with Gasteiger partial charge in [0.2, 0.25) is 5.91 Å². The van der Waals surface area contributed by atoms with Crippen LogP contribution in [-0.2, 0) is 11.3 Å². The highest BCUT2D eigenvalue weighted by atomic mass is 19.3. The van der Waals surface area contributed by atoms with Gasteiger partial charge in [-0.25, -0.2) is 17.6 Å². The Balaban J connectivity index is 3.05. The van der Waals surface area contributed by atoms with Crippen molar-refractivity contribution in [2.24, 2.45) is 5.73 Å². The predicted octanol–water partition coefficient (Wildman–Crippen LogP) is 1.24. The molecule has 0 bridgehead atoms. The van der Waals surface area contributed by atoms with Crippen LogP contribution in [0.1, 0.15) is 24.2 Å². The Kier molecular flexibility index (Phi) is 3.28. The molecule has 0 aliphatic carbocycles. The number of primary amides is 1. The highest BCUT2D eigenvalue weighted by Crippen LogP contribution is 2.24. The van der Waals surface area contributed by atoms with Crippen LogP contribution in [0.5, 0.6) is 0 Å². The van der Waals surface area contributed by atoms with Crippen molar-refractivity contribution in [1.82, 2.24) is 9.78 Å². The van der Waals surface area contributed by atoms with Gasteiger partial charge in [0.25, 0.3) is 12.9 Å². The molecule has 0 saturated carbocycles. The fourth-order valence-electron chi connectivity index (χ4n) is 1.01. The first-order chi connectivity index (χ1) is 6.91. The summed E-state index contributed by atoms with van der Waals surface area (Å²) in [7, 11) is 0. The second-order valence-electron chi connectivity index (χ2n) is 2.72. The van der Waals surface area contributed by atoms with E-state index < -0.39 is 36.7 Å². The van der Waals surface area contributed by atoms with Crippen molar-refractivity contribution in [2.45, 2.75) is 19.4 Å². The summed E-state index contributed by atoms with van der Waals surface area (Å²) in [6.07, 6.45) is -5.94. The normalized spacial score (nSPS) is 11.3. The summed E-state index contributed by atoms with van der Waals surface area (Å²) in [6.45, 7) is -0.646. The Labute approximate surface area is 81.7 Å². The zero-order valence-electron chi connectivity index (χ0n) is 7.33. The van der Waals surface area contributed by atoms with E-state index in [1.54, 1.807) is 0 Å². The SMILES string of the molecule is NC(=O)Cn1nc(C(F)F)cc1C(F)F. The van der Waals surface area contributed by atoms with Gasteiger partial charge in [-0.3, -0.25) is 9.48 Å².